The Labute approximate surface area is 183 Å². The highest BCUT2D eigenvalue weighted by Gasteiger charge is 2.22. The molecule has 0 spiro atoms. The second-order valence-corrected chi connectivity index (χ2v) is 7.75. The van der Waals surface area contributed by atoms with Gasteiger partial charge in [0.1, 0.15) is 0 Å². The van der Waals surface area contributed by atoms with Crippen LogP contribution < -0.4 is 10.2 Å². The molecule has 1 amide bonds. The van der Waals surface area contributed by atoms with Crippen molar-refractivity contribution in [1.82, 2.24) is 15.1 Å². The number of piperidine rings is 1. The number of anilines is 1. The third-order valence-electron chi connectivity index (χ3n) is 5.30. The van der Waals surface area contributed by atoms with Gasteiger partial charge in [-0.15, -0.1) is 0 Å². The normalized spacial score (nSPS) is 17.6. The van der Waals surface area contributed by atoms with Crippen LogP contribution in [0.1, 0.15) is 50.9 Å². The lowest BCUT2D eigenvalue weighted by Crippen LogP contribution is -2.48. The van der Waals surface area contributed by atoms with Gasteiger partial charge in [0, 0.05) is 52.5 Å². The van der Waals surface area contributed by atoms with Crippen molar-refractivity contribution in [3.05, 3.63) is 28.8 Å². The first-order valence-corrected chi connectivity index (χ1v) is 11.6. The Bertz CT molecular complexity index is 595. The molecule has 1 aromatic carbocycles. The molecule has 2 fully saturated rings. The van der Waals surface area contributed by atoms with E-state index < -0.39 is 0 Å². The number of hydrogen-bond acceptors (Lipinski definition) is 4. The Balaban J connectivity index is 0.000000989. The zero-order valence-electron chi connectivity index (χ0n) is 19.3. The molecule has 2 saturated heterocycles. The molecular formula is C23H41ClN4O. The number of nitrogens with one attached hydrogen (secondary N) is 1. The van der Waals surface area contributed by atoms with Gasteiger partial charge in [-0.2, -0.15) is 0 Å². The number of hydrogen-bond donors (Lipinski definition) is 1. The van der Waals surface area contributed by atoms with E-state index in [4.69, 9.17) is 11.6 Å². The highest BCUT2D eigenvalue weighted by molar-refractivity contribution is 6.34. The maximum absolute atomic E-state index is 12.1. The minimum Gasteiger partial charge on any atom is -0.369 e. The van der Waals surface area contributed by atoms with E-state index in [-0.39, 0.29) is 5.91 Å². The van der Waals surface area contributed by atoms with Gasteiger partial charge in [0.05, 0.1) is 10.6 Å². The van der Waals surface area contributed by atoms with Crippen LogP contribution >= 0.6 is 11.6 Å². The quantitative estimate of drug-likeness (QED) is 0.785. The molecule has 29 heavy (non-hydrogen) atoms. The molecule has 0 saturated carbocycles. The molecule has 2 heterocycles. The van der Waals surface area contributed by atoms with Crippen LogP contribution in [0.2, 0.25) is 5.02 Å². The van der Waals surface area contributed by atoms with E-state index in [2.05, 4.69) is 15.1 Å². The van der Waals surface area contributed by atoms with Crippen LogP contribution in [-0.4, -0.2) is 75.6 Å². The summed E-state index contributed by atoms with van der Waals surface area (Å²) in [5.41, 5.74) is 1.68. The van der Waals surface area contributed by atoms with Gasteiger partial charge in [-0.3, -0.25) is 9.69 Å². The van der Waals surface area contributed by atoms with Crippen molar-refractivity contribution in [2.24, 2.45) is 5.92 Å². The summed E-state index contributed by atoms with van der Waals surface area (Å²) in [7, 11) is 3.49. The van der Waals surface area contributed by atoms with E-state index in [1.807, 2.05) is 45.9 Å². The van der Waals surface area contributed by atoms with E-state index >= 15 is 0 Å². The van der Waals surface area contributed by atoms with E-state index in [0.29, 0.717) is 10.6 Å². The van der Waals surface area contributed by atoms with Crippen LogP contribution in [0.4, 0.5) is 5.69 Å². The predicted molar refractivity (Wildman–Crippen MR) is 126 cm³/mol. The Morgan fingerprint density at radius 3 is 2.17 bits per heavy atom. The summed E-state index contributed by atoms with van der Waals surface area (Å²) in [5, 5.41) is 3.97. The van der Waals surface area contributed by atoms with Gasteiger partial charge in [0.25, 0.3) is 5.91 Å². The molecule has 0 atom stereocenters. The van der Waals surface area contributed by atoms with Crippen molar-refractivity contribution >= 4 is 23.2 Å². The molecule has 2 aliphatic rings. The first-order valence-electron chi connectivity index (χ1n) is 11.2. The maximum atomic E-state index is 12.1. The third-order valence-corrected chi connectivity index (χ3v) is 5.61. The van der Waals surface area contributed by atoms with Gasteiger partial charge in [-0.25, -0.2) is 0 Å². The Hall–Kier alpha value is -1.30. The summed E-state index contributed by atoms with van der Waals surface area (Å²) in [5.74, 6) is 0.793. The molecule has 0 radical (unpaired) electrons. The average molecular weight is 425 g/mol. The number of carbonyl (C=O) groups excluding carboxylic acids is 1. The Kier molecular flexibility index (Phi) is 12.3. The van der Waals surface area contributed by atoms with E-state index in [1.165, 1.54) is 32.5 Å². The smallest absolute Gasteiger partial charge is 0.254 e. The number of carbonyl (C=O) groups is 1. The molecular weight excluding hydrogens is 384 g/mol. The number of rotatable bonds is 4. The molecule has 3 rings (SSSR count). The largest absolute Gasteiger partial charge is 0.369 e. The maximum Gasteiger partial charge on any atom is 0.254 e. The van der Waals surface area contributed by atoms with E-state index in [0.717, 1.165) is 37.8 Å². The lowest BCUT2D eigenvalue weighted by atomic mass is 9.97. The molecule has 1 N–H and O–H groups in total. The monoisotopic (exact) mass is 424 g/mol. The fourth-order valence-corrected chi connectivity index (χ4v) is 3.99. The molecule has 1 aromatic rings. The van der Waals surface area contributed by atoms with Crippen LogP contribution in [0, 0.1) is 5.92 Å². The van der Waals surface area contributed by atoms with E-state index in [9.17, 15) is 4.79 Å². The highest BCUT2D eigenvalue weighted by atomic mass is 35.5. The summed E-state index contributed by atoms with van der Waals surface area (Å²) < 4.78 is 0. The van der Waals surface area contributed by atoms with Crippen LogP contribution in [0.15, 0.2) is 18.2 Å². The number of halogens is 1. The zero-order valence-corrected chi connectivity index (χ0v) is 20.1. The van der Waals surface area contributed by atoms with Crippen molar-refractivity contribution in [2.75, 3.05) is 64.8 Å². The van der Waals surface area contributed by atoms with Crippen LogP contribution in [-0.2, 0) is 0 Å². The fourth-order valence-electron chi connectivity index (χ4n) is 3.73. The lowest BCUT2D eigenvalue weighted by molar-refractivity contribution is 0.0828. The van der Waals surface area contributed by atoms with Gasteiger partial charge in [-0.1, -0.05) is 39.3 Å². The zero-order chi connectivity index (χ0) is 21.8. The number of benzene rings is 1. The molecule has 5 nitrogen and oxygen atoms in total. The van der Waals surface area contributed by atoms with Gasteiger partial charge in [-0.05, 0) is 50.0 Å². The van der Waals surface area contributed by atoms with Gasteiger partial charge < -0.3 is 15.1 Å². The molecule has 0 unspecified atom stereocenters. The lowest BCUT2D eigenvalue weighted by Gasteiger charge is -2.38. The average Bonchev–Trinajstić information content (AvgIpc) is 2.77. The van der Waals surface area contributed by atoms with E-state index in [1.54, 1.807) is 19.0 Å². The second-order valence-electron chi connectivity index (χ2n) is 7.34. The van der Waals surface area contributed by atoms with Gasteiger partial charge in [0.2, 0.25) is 0 Å². The number of piperazine rings is 1. The van der Waals surface area contributed by atoms with Gasteiger partial charge in [0.15, 0.2) is 0 Å². The fraction of sp³-hybridized carbons (Fsp3) is 0.696. The summed E-state index contributed by atoms with van der Waals surface area (Å²) in [6, 6.07) is 5.80. The molecule has 2 aliphatic heterocycles. The molecule has 166 valence electrons. The molecule has 6 heteroatoms. The van der Waals surface area contributed by atoms with Crippen molar-refractivity contribution in [3.8, 4) is 0 Å². The predicted octanol–water partition coefficient (Wildman–Crippen LogP) is 4.22. The molecule has 0 aliphatic carbocycles. The minimum absolute atomic E-state index is 0.0525. The van der Waals surface area contributed by atoms with Crippen molar-refractivity contribution < 1.29 is 4.79 Å². The van der Waals surface area contributed by atoms with Crippen LogP contribution in [0.25, 0.3) is 0 Å². The highest BCUT2D eigenvalue weighted by Crippen LogP contribution is 2.26. The SMILES string of the molecule is CC.CC.CN(C)C(=O)c1ccc(N2CCN(CC3CCNCC3)CC2)cc1Cl. The third kappa shape index (κ3) is 7.80. The van der Waals surface area contributed by atoms with Crippen LogP contribution in [0.5, 0.6) is 0 Å². The first-order chi connectivity index (χ1) is 14.0. The van der Waals surface area contributed by atoms with Gasteiger partial charge >= 0.3 is 0 Å². The molecule has 0 bridgehead atoms. The topological polar surface area (TPSA) is 38.8 Å². The molecule has 0 aromatic heterocycles. The van der Waals surface area contributed by atoms with Crippen molar-refractivity contribution in [1.29, 1.82) is 0 Å². The minimum atomic E-state index is -0.0525. The number of nitrogens with zero attached hydrogens (tertiary/aromatic N) is 3. The summed E-state index contributed by atoms with van der Waals surface area (Å²) >= 11 is 6.35. The first kappa shape index (κ1) is 25.7. The van der Waals surface area contributed by atoms with Crippen molar-refractivity contribution in [3.63, 3.8) is 0 Å². The van der Waals surface area contributed by atoms with Crippen molar-refractivity contribution in [2.45, 2.75) is 40.5 Å². The Morgan fingerprint density at radius 2 is 1.66 bits per heavy atom. The summed E-state index contributed by atoms with van der Waals surface area (Å²) in [6.45, 7) is 15.8. The second kappa shape index (κ2) is 13.8. The summed E-state index contributed by atoms with van der Waals surface area (Å²) in [4.78, 5) is 18.6. The number of amides is 1. The standard InChI is InChI=1S/C19H29ClN4O.2C2H6/c1-22(2)19(25)17-4-3-16(13-18(17)20)24-11-9-23(10-12-24)14-15-5-7-21-8-6-15;2*1-2/h3-4,13,15,21H,5-12,14H2,1-2H3;2*1-2H3. The summed E-state index contributed by atoms with van der Waals surface area (Å²) in [6.07, 6.45) is 2.61. The Morgan fingerprint density at radius 1 is 1.07 bits per heavy atom. The van der Waals surface area contributed by atoms with Crippen LogP contribution in [0.3, 0.4) is 0 Å².